The van der Waals surface area contributed by atoms with Gasteiger partial charge in [-0.1, -0.05) is 30.7 Å². The Labute approximate surface area is 116 Å². The molecule has 0 aromatic heterocycles. The van der Waals surface area contributed by atoms with Gasteiger partial charge in [0.15, 0.2) is 0 Å². The fourth-order valence-electron chi connectivity index (χ4n) is 4.79. The minimum atomic E-state index is 0.230. The summed E-state index contributed by atoms with van der Waals surface area (Å²) in [6.07, 6.45) is 6.70. The Hall–Kier alpha value is -0.860. The lowest BCUT2D eigenvalue weighted by Gasteiger charge is -2.38. The monoisotopic (exact) mass is 256 g/mol. The lowest BCUT2D eigenvalue weighted by atomic mass is 9.93. The summed E-state index contributed by atoms with van der Waals surface area (Å²) < 4.78 is 0. The van der Waals surface area contributed by atoms with E-state index in [1.807, 2.05) is 0 Å². The molecule has 0 spiro atoms. The number of rotatable bonds is 2. The van der Waals surface area contributed by atoms with Crippen molar-refractivity contribution in [1.29, 1.82) is 0 Å². The average Bonchev–Trinajstić information content (AvgIpc) is 3.10. The molecule has 1 aromatic rings. The molecular formula is C17H24N2. The molecule has 2 atom stereocenters. The molecule has 3 aliphatic rings. The summed E-state index contributed by atoms with van der Waals surface area (Å²) in [5.41, 5.74) is 9.53. The predicted octanol–water partition coefficient (Wildman–Crippen LogP) is 2.21. The maximum absolute atomic E-state index is 6.24. The zero-order valence-electron chi connectivity index (χ0n) is 11.6. The SMILES string of the molecule is NCC1(N2CC3CCCC3C2)Cc2ccccc2C1. The van der Waals surface area contributed by atoms with Gasteiger partial charge >= 0.3 is 0 Å². The molecule has 2 aliphatic carbocycles. The van der Waals surface area contributed by atoms with Gasteiger partial charge in [-0.3, -0.25) is 4.90 Å². The highest BCUT2D eigenvalue weighted by molar-refractivity contribution is 5.37. The van der Waals surface area contributed by atoms with Crippen molar-refractivity contribution in [2.45, 2.75) is 37.6 Å². The second-order valence-electron chi connectivity index (χ2n) is 6.91. The number of hydrogen-bond donors (Lipinski definition) is 1. The van der Waals surface area contributed by atoms with Crippen LogP contribution in [-0.4, -0.2) is 30.1 Å². The van der Waals surface area contributed by atoms with E-state index in [9.17, 15) is 0 Å². The summed E-state index contributed by atoms with van der Waals surface area (Å²) in [7, 11) is 0. The van der Waals surface area contributed by atoms with Gasteiger partial charge in [-0.2, -0.15) is 0 Å². The number of likely N-dealkylation sites (tertiary alicyclic amines) is 1. The van der Waals surface area contributed by atoms with Gasteiger partial charge in [0, 0.05) is 25.2 Å². The summed E-state index contributed by atoms with van der Waals surface area (Å²) in [5.74, 6) is 1.93. The smallest absolute Gasteiger partial charge is 0.0412 e. The first-order valence-electron chi connectivity index (χ1n) is 7.83. The molecule has 4 rings (SSSR count). The average molecular weight is 256 g/mol. The molecule has 2 fully saturated rings. The zero-order valence-corrected chi connectivity index (χ0v) is 11.6. The van der Waals surface area contributed by atoms with Crippen molar-refractivity contribution < 1.29 is 0 Å². The molecule has 0 amide bonds. The Kier molecular flexibility index (Phi) is 2.71. The summed E-state index contributed by atoms with van der Waals surface area (Å²) in [5, 5.41) is 0. The van der Waals surface area contributed by atoms with E-state index in [4.69, 9.17) is 5.73 Å². The van der Waals surface area contributed by atoms with Gasteiger partial charge in [0.25, 0.3) is 0 Å². The maximum Gasteiger partial charge on any atom is 0.0412 e. The molecule has 2 nitrogen and oxygen atoms in total. The first-order valence-corrected chi connectivity index (χ1v) is 7.83. The summed E-state index contributed by atoms with van der Waals surface area (Å²) in [6, 6.07) is 8.93. The molecule has 2 unspecified atom stereocenters. The van der Waals surface area contributed by atoms with Gasteiger partial charge < -0.3 is 5.73 Å². The highest BCUT2D eigenvalue weighted by Crippen LogP contribution is 2.43. The van der Waals surface area contributed by atoms with E-state index in [0.717, 1.165) is 18.4 Å². The Morgan fingerprint density at radius 3 is 2.16 bits per heavy atom. The Balaban J connectivity index is 1.60. The zero-order chi connectivity index (χ0) is 12.9. The van der Waals surface area contributed by atoms with Crippen LogP contribution < -0.4 is 5.73 Å². The third kappa shape index (κ3) is 1.77. The van der Waals surface area contributed by atoms with E-state index in [1.165, 1.54) is 56.3 Å². The van der Waals surface area contributed by atoms with Crippen molar-refractivity contribution in [2.24, 2.45) is 17.6 Å². The number of nitrogens with zero attached hydrogens (tertiary/aromatic N) is 1. The van der Waals surface area contributed by atoms with Crippen LogP contribution in [0.3, 0.4) is 0 Å². The van der Waals surface area contributed by atoms with Crippen molar-refractivity contribution in [3.8, 4) is 0 Å². The number of fused-ring (bicyclic) bond motifs is 2. The lowest BCUT2D eigenvalue weighted by molar-refractivity contribution is 0.122. The van der Waals surface area contributed by atoms with E-state index in [-0.39, 0.29) is 5.54 Å². The van der Waals surface area contributed by atoms with Gasteiger partial charge in [-0.05, 0) is 48.6 Å². The number of nitrogens with two attached hydrogens (primary N) is 1. The Bertz CT molecular complexity index is 445. The van der Waals surface area contributed by atoms with Crippen LogP contribution in [0.15, 0.2) is 24.3 Å². The van der Waals surface area contributed by atoms with Crippen LogP contribution in [0.5, 0.6) is 0 Å². The van der Waals surface area contributed by atoms with Crippen LogP contribution in [0.2, 0.25) is 0 Å². The highest BCUT2D eigenvalue weighted by Gasteiger charge is 2.47. The molecule has 19 heavy (non-hydrogen) atoms. The molecule has 1 saturated heterocycles. The summed E-state index contributed by atoms with van der Waals surface area (Å²) in [6.45, 7) is 3.41. The molecule has 2 heteroatoms. The minimum Gasteiger partial charge on any atom is -0.329 e. The van der Waals surface area contributed by atoms with Gasteiger partial charge in [-0.25, -0.2) is 0 Å². The van der Waals surface area contributed by atoms with Crippen LogP contribution in [0.4, 0.5) is 0 Å². The molecule has 1 aliphatic heterocycles. The van der Waals surface area contributed by atoms with Crippen LogP contribution in [0.25, 0.3) is 0 Å². The van der Waals surface area contributed by atoms with Crippen LogP contribution in [0.1, 0.15) is 30.4 Å². The number of benzene rings is 1. The summed E-state index contributed by atoms with van der Waals surface area (Å²) in [4.78, 5) is 2.75. The molecular weight excluding hydrogens is 232 g/mol. The van der Waals surface area contributed by atoms with Gasteiger partial charge in [-0.15, -0.1) is 0 Å². The topological polar surface area (TPSA) is 29.3 Å². The van der Waals surface area contributed by atoms with E-state index in [2.05, 4.69) is 29.2 Å². The van der Waals surface area contributed by atoms with Gasteiger partial charge in [0.1, 0.15) is 0 Å². The van der Waals surface area contributed by atoms with E-state index >= 15 is 0 Å². The quantitative estimate of drug-likeness (QED) is 0.879. The molecule has 102 valence electrons. The molecule has 1 aromatic carbocycles. The van der Waals surface area contributed by atoms with Crippen molar-refractivity contribution >= 4 is 0 Å². The Morgan fingerprint density at radius 1 is 1.05 bits per heavy atom. The summed E-state index contributed by atoms with van der Waals surface area (Å²) >= 11 is 0. The molecule has 0 bridgehead atoms. The van der Waals surface area contributed by atoms with Crippen molar-refractivity contribution in [3.63, 3.8) is 0 Å². The standard InChI is InChI=1S/C17H24N2/c18-12-17(8-13-4-1-2-5-14(13)9-17)19-10-15-6-3-7-16(15)11-19/h1-2,4-5,15-16H,3,6-12,18H2. The molecule has 2 N–H and O–H groups in total. The predicted molar refractivity (Wildman–Crippen MR) is 78.0 cm³/mol. The fourth-order valence-corrected chi connectivity index (χ4v) is 4.79. The third-order valence-electron chi connectivity index (χ3n) is 5.93. The van der Waals surface area contributed by atoms with Gasteiger partial charge in [0.05, 0.1) is 0 Å². The first-order chi connectivity index (χ1) is 9.31. The largest absolute Gasteiger partial charge is 0.329 e. The molecule has 1 heterocycles. The second-order valence-corrected chi connectivity index (χ2v) is 6.91. The van der Waals surface area contributed by atoms with E-state index in [0.29, 0.717) is 0 Å². The van der Waals surface area contributed by atoms with Crippen molar-refractivity contribution in [3.05, 3.63) is 35.4 Å². The van der Waals surface area contributed by atoms with Gasteiger partial charge in [0.2, 0.25) is 0 Å². The third-order valence-corrected chi connectivity index (χ3v) is 5.93. The Morgan fingerprint density at radius 2 is 1.63 bits per heavy atom. The fraction of sp³-hybridized carbons (Fsp3) is 0.647. The molecule has 0 radical (unpaired) electrons. The van der Waals surface area contributed by atoms with Crippen LogP contribution in [-0.2, 0) is 12.8 Å². The molecule has 1 saturated carbocycles. The second kappa shape index (κ2) is 4.32. The lowest BCUT2D eigenvalue weighted by Crippen LogP contribution is -2.54. The van der Waals surface area contributed by atoms with E-state index in [1.54, 1.807) is 0 Å². The minimum absolute atomic E-state index is 0.230. The normalized spacial score (nSPS) is 32.5. The van der Waals surface area contributed by atoms with Crippen molar-refractivity contribution in [1.82, 2.24) is 4.90 Å². The maximum atomic E-state index is 6.24. The van der Waals surface area contributed by atoms with Crippen LogP contribution >= 0.6 is 0 Å². The highest BCUT2D eigenvalue weighted by atomic mass is 15.2. The van der Waals surface area contributed by atoms with Crippen LogP contribution in [0, 0.1) is 11.8 Å². The first kappa shape index (κ1) is 11.9. The van der Waals surface area contributed by atoms with Crippen molar-refractivity contribution in [2.75, 3.05) is 19.6 Å². The number of hydrogen-bond acceptors (Lipinski definition) is 2. The van der Waals surface area contributed by atoms with E-state index < -0.39 is 0 Å².